The van der Waals surface area contributed by atoms with Gasteiger partial charge in [-0.1, -0.05) is 11.3 Å². The van der Waals surface area contributed by atoms with Gasteiger partial charge in [0, 0.05) is 33.1 Å². The van der Waals surface area contributed by atoms with Crippen LogP contribution in [0.3, 0.4) is 0 Å². The molecule has 4 heteroatoms. The van der Waals surface area contributed by atoms with E-state index in [0.29, 0.717) is 5.06 Å². The molecule has 0 saturated heterocycles. The van der Waals surface area contributed by atoms with Gasteiger partial charge >= 0.3 is 0 Å². The molecule has 1 aromatic carbocycles. The molecule has 0 fully saturated rings. The number of aromatic hydroxyl groups is 2. The van der Waals surface area contributed by atoms with Crippen molar-refractivity contribution in [3.8, 4) is 10.9 Å². The highest BCUT2D eigenvalue weighted by Crippen LogP contribution is 2.36. The number of benzene rings is 1. The van der Waals surface area contributed by atoms with E-state index in [9.17, 15) is 10.2 Å². The average Bonchev–Trinajstić information content (AvgIpc) is 2.65. The highest BCUT2D eigenvalue weighted by Gasteiger charge is 2.07. The lowest BCUT2D eigenvalue weighted by atomic mass is 10.2. The summed E-state index contributed by atoms with van der Waals surface area (Å²) in [5.74, 6) is 0.151. The maximum absolute atomic E-state index is 9.37. The third-order valence-electron chi connectivity index (χ3n) is 2.27. The van der Waals surface area contributed by atoms with Gasteiger partial charge in [-0.3, -0.25) is 0 Å². The standard InChI is InChI=1S/C10H7NO2S/c12-9-3-5-6-4-10(13)14-8(6)2-1-7(5)11-9/h1-4,11-13H. The highest BCUT2D eigenvalue weighted by atomic mass is 32.1. The lowest BCUT2D eigenvalue weighted by molar-refractivity contribution is 0.458. The van der Waals surface area contributed by atoms with E-state index < -0.39 is 0 Å². The summed E-state index contributed by atoms with van der Waals surface area (Å²) in [6.45, 7) is 0. The molecule has 0 spiro atoms. The Labute approximate surface area is 83.2 Å². The Balaban J connectivity index is 2.58. The zero-order valence-corrected chi connectivity index (χ0v) is 7.93. The number of fused-ring (bicyclic) bond motifs is 3. The summed E-state index contributed by atoms with van der Waals surface area (Å²) in [6, 6.07) is 7.21. The lowest BCUT2D eigenvalue weighted by Crippen LogP contribution is -1.66. The largest absolute Gasteiger partial charge is 0.499 e. The fourth-order valence-corrected chi connectivity index (χ4v) is 2.51. The van der Waals surface area contributed by atoms with Gasteiger partial charge in [0.25, 0.3) is 0 Å². The number of aromatic nitrogens is 1. The van der Waals surface area contributed by atoms with E-state index in [1.165, 1.54) is 11.3 Å². The number of rotatable bonds is 0. The van der Waals surface area contributed by atoms with Gasteiger partial charge in [0.05, 0.1) is 0 Å². The van der Waals surface area contributed by atoms with Crippen molar-refractivity contribution < 1.29 is 10.2 Å². The van der Waals surface area contributed by atoms with Gasteiger partial charge in [0.2, 0.25) is 0 Å². The molecular weight excluding hydrogens is 198 g/mol. The molecular formula is C10H7NO2S. The number of nitrogens with one attached hydrogen (secondary N) is 1. The zero-order valence-electron chi connectivity index (χ0n) is 7.11. The normalized spacial score (nSPS) is 11.4. The number of hydrogen-bond donors (Lipinski definition) is 3. The van der Waals surface area contributed by atoms with Crippen molar-refractivity contribution in [3.05, 3.63) is 24.3 Å². The minimum Gasteiger partial charge on any atom is -0.499 e. The Morgan fingerprint density at radius 2 is 1.93 bits per heavy atom. The maximum atomic E-state index is 9.37. The van der Waals surface area contributed by atoms with Gasteiger partial charge in [-0.2, -0.15) is 0 Å². The van der Waals surface area contributed by atoms with Crippen LogP contribution in [0.4, 0.5) is 0 Å². The summed E-state index contributed by atoms with van der Waals surface area (Å²) in [5.41, 5.74) is 0.882. The lowest BCUT2D eigenvalue weighted by Gasteiger charge is -1.90. The predicted molar refractivity (Wildman–Crippen MR) is 57.0 cm³/mol. The first kappa shape index (κ1) is 7.70. The molecule has 70 valence electrons. The second-order valence-electron chi connectivity index (χ2n) is 3.18. The first-order valence-corrected chi connectivity index (χ1v) is 4.99. The molecule has 0 unspecified atom stereocenters. The average molecular weight is 205 g/mol. The SMILES string of the molecule is Oc1cc2c(ccc3sc(O)cc32)[nH]1. The van der Waals surface area contributed by atoms with Gasteiger partial charge in [-0.05, 0) is 12.1 Å². The van der Waals surface area contributed by atoms with Gasteiger partial charge in [-0.15, -0.1) is 0 Å². The van der Waals surface area contributed by atoms with E-state index in [0.717, 1.165) is 21.0 Å². The van der Waals surface area contributed by atoms with Crippen LogP contribution in [0.15, 0.2) is 24.3 Å². The zero-order chi connectivity index (χ0) is 9.71. The molecule has 3 aromatic rings. The highest BCUT2D eigenvalue weighted by molar-refractivity contribution is 7.20. The molecule has 0 atom stereocenters. The van der Waals surface area contributed by atoms with Crippen molar-refractivity contribution in [3.63, 3.8) is 0 Å². The molecule has 0 saturated carbocycles. The van der Waals surface area contributed by atoms with E-state index in [2.05, 4.69) is 4.98 Å². The van der Waals surface area contributed by atoms with Gasteiger partial charge in [-0.25, -0.2) is 0 Å². The first-order chi connectivity index (χ1) is 6.74. The summed E-state index contributed by atoms with van der Waals surface area (Å²) >= 11 is 1.34. The smallest absolute Gasteiger partial charge is 0.189 e. The molecule has 3 rings (SSSR count). The van der Waals surface area contributed by atoms with E-state index in [1.54, 1.807) is 12.1 Å². The van der Waals surface area contributed by atoms with Gasteiger partial charge in [0.15, 0.2) is 10.9 Å². The van der Waals surface area contributed by atoms with Crippen molar-refractivity contribution in [1.82, 2.24) is 4.98 Å². The van der Waals surface area contributed by atoms with Crippen LogP contribution < -0.4 is 0 Å². The van der Waals surface area contributed by atoms with Crippen molar-refractivity contribution in [2.75, 3.05) is 0 Å². The quantitative estimate of drug-likeness (QED) is 0.528. The fourth-order valence-electron chi connectivity index (χ4n) is 1.70. The van der Waals surface area contributed by atoms with Crippen LogP contribution in [-0.2, 0) is 0 Å². The molecule has 3 N–H and O–H groups in total. The molecule has 0 aliphatic heterocycles. The van der Waals surface area contributed by atoms with E-state index in [4.69, 9.17) is 0 Å². The Bertz CT molecular complexity index is 568. The van der Waals surface area contributed by atoms with Crippen molar-refractivity contribution in [2.45, 2.75) is 0 Å². The summed E-state index contributed by atoms with van der Waals surface area (Å²) in [7, 11) is 0. The number of aromatic amines is 1. The van der Waals surface area contributed by atoms with E-state index >= 15 is 0 Å². The van der Waals surface area contributed by atoms with Gasteiger partial charge in [0.1, 0.15) is 0 Å². The van der Waals surface area contributed by atoms with Crippen molar-refractivity contribution in [1.29, 1.82) is 0 Å². The molecule has 3 nitrogen and oxygen atoms in total. The van der Waals surface area contributed by atoms with Crippen LogP contribution in [0.1, 0.15) is 0 Å². The van der Waals surface area contributed by atoms with Crippen LogP contribution in [0.25, 0.3) is 21.0 Å². The number of hydrogen-bond acceptors (Lipinski definition) is 3. The Morgan fingerprint density at radius 3 is 2.79 bits per heavy atom. The predicted octanol–water partition coefficient (Wildman–Crippen LogP) is 2.79. The third-order valence-corrected chi connectivity index (χ3v) is 3.18. The summed E-state index contributed by atoms with van der Waals surface area (Å²) in [6.07, 6.45) is 0. The molecule has 2 aromatic heterocycles. The number of H-pyrrole nitrogens is 1. The maximum Gasteiger partial charge on any atom is 0.189 e. The van der Waals surface area contributed by atoms with E-state index in [-0.39, 0.29) is 5.88 Å². The minimum absolute atomic E-state index is 0.151. The Kier molecular flexibility index (Phi) is 1.33. The fraction of sp³-hybridized carbons (Fsp3) is 0. The molecule has 2 heterocycles. The molecule has 0 aliphatic rings. The monoisotopic (exact) mass is 205 g/mol. The van der Waals surface area contributed by atoms with Gasteiger partial charge < -0.3 is 15.2 Å². The second kappa shape index (κ2) is 2.42. The molecule has 0 bridgehead atoms. The van der Waals surface area contributed by atoms with Crippen LogP contribution in [0.5, 0.6) is 10.9 Å². The molecule has 14 heavy (non-hydrogen) atoms. The van der Waals surface area contributed by atoms with Crippen molar-refractivity contribution in [2.24, 2.45) is 0 Å². The summed E-state index contributed by atoms with van der Waals surface area (Å²) in [4.78, 5) is 2.84. The minimum atomic E-state index is 0.151. The third kappa shape index (κ3) is 0.914. The van der Waals surface area contributed by atoms with Crippen LogP contribution in [0, 0.1) is 0 Å². The molecule has 0 amide bonds. The molecule has 0 aliphatic carbocycles. The summed E-state index contributed by atoms with van der Waals surface area (Å²) in [5, 5.41) is 20.9. The van der Waals surface area contributed by atoms with Crippen molar-refractivity contribution >= 4 is 32.3 Å². The topological polar surface area (TPSA) is 56.2 Å². The van der Waals surface area contributed by atoms with Crippen LogP contribution in [0.2, 0.25) is 0 Å². The Morgan fingerprint density at radius 1 is 1.07 bits per heavy atom. The summed E-state index contributed by atoms with van der Waals surface area (Å²) < 4.78 is 1.02. The molecule has 0 radical (unpaired) electrons. The van der Waals surface area contributed by atoms with E-state index in [1.807, 2.05) is 12.1 Å². The van der Waals surface area contributed by atoms with Crippen LogP contribution >= 0.6 is 11.3 Å². The Hall–Kier alpha value is -1.68. The second-order valence-corrected chi connectivity index (χ2v) is 4.24. The first-order valence-electron chi connectivity index (χ1n) is 4.17. The number of thiophene rings is 1. The van der Waals surface area contributed by atoms with Crippen LogP contribution in [-0.4, -0.2) is 15.2 Å².